The zero-order valence-corrected chi connectivity index (χ0v) is 17.2. The Morgan fingerprint density at radius 1 is 0.931 bits per heavy atom. The molecule has 0 fully saturated rings. The van der Waals surface area contributed by atoms with E-state index < -0.39 is 10.0 Å². The van der Waals surface area contributed by atoms with E-state index in [1.54, 1.807) is 54.6 Å². The average Bonchev–Trinajstić information content (AvgIpc) is 2.61. The Morgan fingerprint density at radius 2 is 1.52 bits per heavy atom. The summed E-state index contributed by atoms with van der Waals surface area (Å²) in [6, 6.07) is 13.1. The van der Waals surface area contributed by atoms with Crippen molar-refractivity contribution in [2.75, 3.05) is 21.6 Å². The molecule has 2 aromatic carbocycles. The van der Waals surface area contributed by atoms with Crippen molar-refractivity contribution < 1.29 is 18.0 Å². The molecular formula is C20H24N4O4S. The normalized spacial score (nSPS) is 11.3. The summed E-state index contributed by atoms with van der Waals surface area (Å²) in [7, 11) is -3.34. The zero-order valence-electron chi connectivity index (χ0n) is 16.4. The largest absolute Gasteiger partial charge is 0.336 e. The molecule has 0 aliphatic carbocycles. The second-order valence-electron chi connectivity index (χ2n) is 6.62. The molecule has 154 valence electrons. The Bertz CT molecular complexity index is 999. The van der Waals surface area contributed by atoms with Crippen LogP contribution >= 0.6 is 0 Å². The lowest BCUT2D eigenvalue weighted by Crippen LogP contribution is -2.34. The van der Waals surface area contributed by atoms with Gasteiger partial charge in [0, 0.05) is 17.8 Å². The fourth-order valence-corrected chi connectivity index (χ4v) is 2.91. The molecule has 0 atom stereocenters. The lowest BCUT2D eigenvalue weighted by Gasteiger charge is -2.13. The van der Waals surface area contributed by atoms with Crippen LogP contribution < -0.4 is 20.7 Å². The maximum atomic E-state index is 12.2. The van der Waals surface area contributed by atoms with Gasteiger partial charge in [0.2, 0.25) is 15.9 Å². The third-order valence-electron chi connectivity index (χ3n) is 3.49. The Kier molecular flexibility index (Phi) is 7.38. The van der Waals surface area contributed by atoms with Crippen molar-refractivity contribution in [3.05, 3.63) is 60.2 Å². The van der Waals surface area contributed by atoms with Gasteiger partial charge < -0.3 is 16.0 Å². The van der Waals surface area contributed by atoms with Gasteiger partial charge in [-0.3, -0.25) is 9.52 Å². The van der Waals surface area contributed by atoms with Crippen molar-refractivity contribution in [3.8, 4) is 0 Å². The fraction of sp³-hybridized carbons (Fsp3) is 0.200. The molecular weight excluding hydrogens is 392 g/mol. The number of sulfonamides is 1. The molecule has 0 aromatic heterocycles. The van der Waals surface area contributed by atoms with Gasteiger partial charge in [0.1, 0.15) is 0 Å². The molecule has 9 heteroatoms. The summed E-state index contributed by atoms with van der Waals surface area (Å²) in [4.78, 5) is 24.1. The molecule has 0 heterocycles. The van der Waals surface area contributed by atoms with Gasteiger partial charge in [-0.25, -0.2) is 13.2 Å². The highest BCUT2D eigenvalue weighted by atomic mass is 32.2. The molecule has 0 aliphatic rings. The van der Waals surface area contributed by atoms with Crippen molar-refractivity contribution in [2.24, 2.45) is 0 Å². The molecule has 2 aromatic rings. The van der Waals surface area contributed by atoms with E-state index in [9.17, 15) is 18.0 Å². The van der Waals surface area contributed by atoms with Crippen LogP contribution in [-0.4, -0.2) is 32.7 Å². The molecule has 0 saturated heterocycles. The molecule has 3 amide bonds. The van der Waals surface area contributed by atoms with Gasteiger partial charge in [-0.15, -0.1) is 0 Å². The smallest absolute Gasteiger partial charge is 0.319 e. The summed E-state index contributed by atoms with van der Waals surface area (Å²) in [5.74, 6) is -0.373. The molecule has 0 saturated carbocycles. The summed E-state index contributed by atoms with van der Waals surface area (Å²) in [5.41, 5.74) is 2.10. The van der Waals surface area contributed by atoms with Gasteiger partial charge >= 0.3 is 6.03 Å². The van der Waals surface area contributed by atoms with E-state index in [2.05, 4.69) is 20.7 Å². The van der Waals surface area contributed by atoms with Crippen LogP contribution in [-0.2, 0) is 14.8 Å². The van der Waals surface area contributed by atoms with Crippen LogP contribution in [0.2, 0.25) is 0 Å². The number of amides is 3. The predicted molar refractivity (Wildman–Crippen MR) is 116 cm³/mol. The van der Waals surface area contributed by atoms with E-state index in [0.717, 1.165) is 11.8 Å². The third-order valence-corrected chi connectivity index (χ3v) is 4.10. The minimum absolute atomic E-state index is 0.0151. The minimum Gasteiger partial charge on any atom is -0.336 e. The first-order valence-electron chi connectivity index (χ1n) is 8.86. The number of carbonyl (C=O) groups excluding carboxylic acids is 2. The van der Waals surface area contributed by atoms with Crippen molar-refractivity contribution in [2.45, 2.75) is 19.9 Å². The maximum Gasteiger partial charge on any atom is 0.319 e. The van der Waals surface area contributed by atoms with Gasteiger partial charge in [0.05, 0.1) is 17.6 Å². The highest BCUT2D eigenvalue weighted by Gasteiger charge is 2.08. The second kappa shape index (κ2) is 9.74. The first-order chi connectivity index (χ1) is 13.6. The Balaban J connectivity index is 2.01. The predicted octanol–water partition coefficient (Wildman–Crippen LogP) is 3.24. The van der Waals surface area contributed by atoms with E-state index in [4.69, 9.17) is 0 Å². The second-order valence-corrected chi connectivity index (χ2v) is 8.37. The van der Waals surface area contributed by atoms with Crippen LogP contribution in [0.4, 0.5) is 21.9 Å². The number of urea groups is 1. The zero-order chi connectivity index (χ0) is 21.4. The van der Waals surface area contributed by atoms with Crippen LogP contribution in [0.5, 0.6) is 0 Å². The summed E-state index contributed by atoms with van der Waals surface area (Å²) in [6.45, 7) is 3.70. The number of hydrogen-bond acceptors (Lipinski definition) is 4. The number of rotatable bonds is 7. The van der Waals surface area contributed by atoms with Gasteiger partial charge in [-0.05, 0) is 49.8 Å². The van der Waals surface area contributed by atoms with Crippen LogP contribution in [0.1, 0.15) is 19.4 Å². The van der Waals surface area contributed by atoms with Crippen molar-refractivity contribution in [1.29, 1.82) is 0 Å². The topological polar surface area (TPSA) is 116 Å². The van der Waals surface area contributed by atoms with Crippen LogP contribution in [0.15, 0.2) is 54.6 Å². The summed E-state index contributed by atoms with van der Waals surface area (Å²) >= 11 is 0. The van der Waals surface area contributed by atoms with Crippen LogP contribution in [0.3, 0.4) is 0 Å². The Labute approximate surface area is 170 Å². The number of hydrogen-bond donors (Lipinski definition) is 4. The van der Waals surface area contributed by atoms with E-state index in [1.807, 2.05) is 13.8 Å². The highest BCUT2D eigenvalue weighted by molar-refractivity contribution is 7.92. The standard InChI is InChI=1S/C20H24N4O4S/c1-14(2)21-20(26)23-18-7-5-4-6-17(18)22-19(25)13-10-15-8-11-16(12-9-15)24-29(3,27)28/h4-14,24H,1-3H3,(H,22,25)(H2,21,23,26). The molecule has 0 radical (unpaired) electrons. The Morgan fingerprint density at radius 3 is 2.07 bits per heavy atom. The first-order valence-corrected chi connectivity index (χ1v) is 10.7. The number of anilines is 3. The van der Waals surface area contributed by atoms with Crippen LogP contribution in [0, 0.1) is 0 Å². The van der Waals surface area contributed by atoms with E-state index in [1.165, 1.54) is 6.08 Å². The monoisotopic (exact) mass is 416 g/mol. The molecule has 0 unspecified atom stereocenters. The highest BCUT2D eigenvalue weighted by Crippen LogP contribution is 2.21. The number of benzene rings is 2. The summed E-state index contributed by atoms with van der Waals surface area (Å²) in [6.07, 6.45) is 4.02. The van der Waals surface area contributed by atoms with Gasteiger partial charge in [-0.1, -0.05) is 24.3 Å². The van der Waals surface area contributed by atoms with Gasteiger partial charge in [0.25, 0.3) is 0 Å². The quantitative estimate of drug-likeness (QED) is 0.519. The fourth-order valence-electron chi connectivity index (χ4n) is 2.34. The van der Waals surface area contributed by atoms with Crippen molar-refractivity contribution >= 4 is 45.1 Å². The van der Waals surface area contributed by atoms with Crippen LogP contribution in [0.25, 0.3) is 6.08 Å². The third kappa shape index (κ3) is 8.06. The Hall–Kier alpha value is -3.33. The van der Waals surface area contributed by atoms with Gasteiger partial charge in [0.15, 0.2) is 0 Å². The number of para-hydroxylation sites is 2. The first kappa shape index (κ1) is 22.0. The lowest BCUT2D eigenvalue weighted by atomic mass is 10.2. The molecule has 0 spiro atoms. The molecule has 0 bridgehead atoms. The van der Waals surface area contributed by atoms with E-state index in [-0.39, 0.29) is 18.0 Å². The molecule has 2 rings (SSSR count). The average molecular weight is 417 g/mol. The minimum atomic E-state index is -3.34. The number of carbonyl (C=O) groups is 2. The SMILES string of the molecule is CC(C)NC(=O)Nc1ccccc1NC(=O)C=Cc1ccc(NS(C)(=O)=O)cc1. The summed E-state index contributed by atoms with van der Waals surface area (Å²) < 4.78 is 24.8. The van der Waals surface area contributed by atoms with Crippen molar-refractivity contribution in [3.63, 3.8) is 0 Å². The number of nitrogens with one attached hydrogen (secondary N) is 4. The molecule has 29 heavy (non-hydrogen) atoms. The van der Waals surface area contributed by atoms with E-state index in [0.29, 0.717) is 17.1 Å². The van der Waals surface area contributed by atoms with Gasteiger partial charge in [-0.2, -0.15) is 0 Å². The maximum absolute atomic E-state index is 12.2. The lowest BCUT2D eigenvalue weighted by molar-refractivity contribution is -0.111. The molecule has 8 nitrogen and oxygen atoms in total. The van der Waals surface area contributed by atoms with E-state index >= 15 is 0 Å². The van der Waals surface area contributed by atoms with Crippen molar-refractivity contribution in [1.82, 2.24) is 5.32 Å². The summed E-state index contributed by atoms with van der Waals surface area (Å²) in [5, 5.41) is 8.14. The molecule has 0 aliphatic heterocycles. The molecule has 4 N–H and O–H groups in total.